The van der Waals surface area contributed by atoms with Crippen LogP contribution in [0.3, 0.4) is 0 Å². The molecule has 0 radical (unpaired) electrons. The molecule has 0 aliphatic rings. The van der Waals surface area contributed by atoms with Crippen LogP contribution in [0.2, 0.25) is 0 Å². The molecule has 3 aromatic rings. The zero-order valence-corrected chi connectivity index (χ0v) is 10.1. The number of H-pyrrole nitrogens is 1. The first kappa shape index (κ1) is 9.32. The molecule has 3 heterocycles. The second-order valence-electron chi connectivity index (χ2n) is 2.83. The van der Waals surface area contributed by atoms with E-state index in [2.05, 4.69) is 15.0 Å². The molecular weight excluding hydrogens is 250 g/mol. The molecule has 4 nitrogen and oxygen atoms in total. The number of nitrogens with one attached hydrogen (secondary N) is 1. The summed E-state index contributed by atoms with van der Waals surface area (Å²) in [7, 11) is 0. The van der Waals surface area contributed by atoms with Gasteiger partial charge in [0.2, 0.25) is 0 Å². The highest BCUT2D eigenvalue weighted by molar-refractivity contribution is 8.00. The number of hydrogen-bond acceptors (Lipinski definition) is 6. The van der Waals surface area contributed by atoms with Gasteiger partial charge in [0, 0.05) is 0 Å². The maximum Gasteiger partial charge on any atom is 0.268 e. The Bertz CT molecular complexity index is 696. The zero-order chi connectivity index (χ0) is 10.4. The number of fused-ring (bicyclic) bond motifs is 3. The van der Waals surface area contributed by atoms with Gasteiger partial charge in [-0.25, -0.2) is 9.97 Å². The van der Waals surface area contributed by atoms with Crippen molar-refractivity contribution in [3.8, 4) is 0 Å². The Labute approximate surface area is 96.4 Å². The van der Waals surface area contributed by atoms with Gasteiger partial charge >= 0.3 is 0 Å². The average Bonchev–Trinajstić information content (AvgIpc) is 2.76. The van der Waals surface area contributed by atoms with E-state index in [-0.39, 0.29) is 5.56 Å². The standard InChI is InChI=1S/C8H5N3OS3/c1-13-8-11-7-5(15-8)3-4(14-7)6(12)10-2-9-3/h2H,1H3,(H,9,10,12). The summed E-state index contributed by atoms with van der Waals surface area (Å²) in [5.41, 5.74) is 0.692. The Morgan fingerprint density at radius 3 is 3.07 bits per heavy atom. The van der Waals surface area contributed by atoms with Gasteiger partial charge in [-0.05, 0) is 6.26 Å². The predicted molar refractivity (Wildman–Crippen MR) is 65.2 cm³/mol. The molecule has 3 aromatic heterocycles. The Hall–Kier alpha value is -0.920. The van der Waals surface area contributed by atoms with Crippen LogP contribution >= 0.6 is 34.4 Å². The molecule has 0 spiro atoms. The largest absolute Gasteiger partial charge is 0.312 e. The van der Waals surface area contributed by atoms with Crippen LogP contribution in [0, 0.1) is 0 Å². The smallest absolute Gasteiger partial charge is 0.268 e. The van der Waals surface area contributed by atoms with Gasteiger partial charge in [0.05, 0.1) is 11.0 Å². The summed E-state index contributed by atoms with van der Waals surface area (Å²) in [6, 6.07) is 0. The number of aromatic amines is 1. The fourth-order valence-electron chi connectivity index (χ4n) is 1.33. The summed E-state index contributed by atoms with van der Waals surface area (Å²) in [6.45, 7) is 0. The molecule has 7 heteroatoms. The van der Waals surface area contributed by atoms with Crippen LogP contribution in [-0.2, 0) is 0 Å². The molecule has 0 bridgehead atoms. The quantitative estimate of drug-likeness (QED) is 0.678. The van der Waals surface area contributed by atoms with Gasteiger partial charge < -0.3 is 4.98 Å². The molecule has 15 heavy (non-hydrogen) atoms. The lowest BCUT2D eigenvalue weighted by Gasteiger charge is -1.85. The number of nitrogens with zero attached hydrogens (tertiary/aromatic N) is 2. The first-order valence-corrected chi connectivity index (χ1v) is 6.96. The minimum Gasteiger partial charge on any atom is -0.312 e. The third-order valence-electron chi connectivity index (χ3n) is 1.98. The summed E-state index contributed by atoms with van der Waals surface area (Å²) in [6.07, 6.45) is 3.43. The lowest BCUT2D eigenvalue weighted by molar-refractivity contribution is 1.18. The SMILES string of the molecule is CSc1nc2sc3c(=O)[nH]cnc3c2s1. The molecule has 3 rings (SSSR count). The van der Waals surface area contributed by atoms with Crippen molar-refractivity contribution in [1.29, 1.82) is 0 Å². The van der Waals surface area contributed by atoms with E-state index in [1.807, 2.05) is 6.26 Å². The molecule has 0 fully saturated rings. The number of hydrogen-bond donors (Lipinski definition) is 1. The monoisotopic (exact) mass is 255 g/mol. The summed E-state index contributed by atoms with van der Waals surface area (Å²) >= 11 is 4.61. The fraction of sp³-hybridized carbons (Fsp3) is 0.125. The Morgan fingerprint density at radius 2 is 2.27 bits per heavy atom. The van der Waals surface area contributed by atoms with E-state index in [1.54, 1.807) is 23.1 Å². The maximum absolute atomic E-state index is 11.5. The molecule has 0 unspecified atom stereocenters. The highest BCUT2D eigenvalue weighted by atomic mass is 32.2. The number of aromatic nitrogens is 3. The van der Waals surface area contributed by atoms with Crippen molar-refractivity contribution in [1.82, 2.24) is 15.0 Å². The maximum atomic E-state index is 11.5. The van der Waals surface area contributed by atoms with E-state index >= 15 is 0 Å². The molecule has 1 N–H and O–H groups in total. The second kappa shape index (κ2) is 3.29. The number of thiazole rings is 1. The van der Waals surface area contributed by atoms with Gasteiger partial charge in [-0.3, -0.25) is 4.79 Å². The van der Waals surface area contributed by atoms with Crippen LogP contribution in [0.15, 0.2) is 15.5 Å². The highest BCUT2D eigenvalue weighted by Gasteiger charge is 2.13. The molecule has 0 amide bonds. The van der Waals surface area contributed by atoms with Crippen molar-refractivity contribution < 1.29 is 0 Å². The van der Waals surface area contributed by atoms with Crippen molar-refractivity contribution in [3.05, 3.63) is 16.7 Å². The lowest BCUT2D eigenvalue weighted by atomic mass is 10.5. The van der Waals surface area contributed by atoms with Crippen LogP contribution < -0.4 is 5.56 Å². The summed E-state index contributed by atoms with van der Waals surface area (Å²) in [5.74, 6) is 0. The second-order valence-corrected chi connectivity index (χ2v) is 5.88. The molecule has 0 saturated carbocycles. The van der Waals surface area contributed by atoms with E-state index in [9.17, 15) is 4.79 Å². The van der Waals surface area contributed by atoms with Crippen molar-refractivity contribution in [2.45, 2.75) is 4.34 Å². The number of rotatable bonds is 1. The topological polar surface area (TPSA) is 58.6 Å². The normalized spacial score (nSPS) is 11.5. The van der Waals surface area contributed by atoms with Crippen molar-refractivity contribution in [2.75, 3.05) is 6.26 Å². The Morgan fingerprint density at radius 1 is 1.40 bits per heavy atom. The van der Waals surface area contributed by atoms with E-state index in [4.69, 9.17) is 0 Å². The molecule has 76 valence electrons. The van der Waals surface area contributed by atoms with Crippen molar-refractivity contribution in [3.63, 3.8) is 0 Å². The van der Waals surface area contributed by atoms with Gasteiger partial charge in [0.15, 0.2) is 4.34 Å². The zero-order valence-electron chi connectivity index (χ0n) is 7.60. The predicted octanol–water partition coefficient (Wildman–Crippen LogP) is 2.32. The third kappa shape index (κ3) is 1.30. The summed E-state index contributed by atoms with van der Waals surface area (Å²) in [4.78, 5) is 23.6. The first-order chi connectivity index (χ1) is 7.29. The third-order valence-corrected chi connectivity index (χ3v) is 5.22. The average molecular weight is 255 g/mol. The fourth-order valence-corrected chi connectivity index (χ4v) is 4.15. The minimum absolute atomic E-state index is 0.0825. The Balaban J connectivity index is 2.51. The highest BCUT2D eigenvalue weighted by Crippen LogP contribution is 2.36. The molecule has 0 aliphatic heterocycles. The molecule has 0 aromatic carbocycles. The molecule has 0 saturated heterocycles. The van der Waals surface area contributed by atoms with Crippen LogP contribution in [0.5, 0.6) is 0 Å². The lowest BCUT2D eigenvalue weighted by Crippen LogP contribution is -2.03. The molecular formula is C8H5N3OS3. The number of thioether (sulfide) groups is 1. The summed E-state index contributed by atoms with van der Waals surface area (Å²) < 4.78 is 2.70. The van der Waals surface area contributed by atoms with E-state index in [0.29, 0.717) is 4.70 Å². The van der Waals surface area contributed by atoms with Crippen LogP contribution in [0.25, 0.3) is 19.7 Å². The first-order valence-electron chi connectivity index (χ1n) is 4.10. The van der Waals surface area contributed by atoms with Gasteiger partial charge in [-0.15, -0.1) is 22.7 Å². The minimum atomic E-state index is -0.0825. The Kier molecular flexibility index (Phi) is 2.04. The van der Waals surface area contributed by atoms with E-state index in [1.165, 1.54) is 17.7 Å². The van der Waals surface area contributed by atoms with Gasteiger partial charge in [-0.2, -0.15) is 0 Å². The summed E-state index contributed by atoms with van der Waals surface area (Å²) in [5, 5.41) is 0. The van der Waals surface area contributed by atoms with Gasteiger partial charge in [0.1, 0.15) is 15.0 Å². The van der Waals surface area contributed by atoms with Crippen LogP contribution in [0.4, 0.5) is 0 Å². The van der Waals surface area contributed by atoms with Gasteiger partial charge in [0.25, 0.3) is 5.56 Å². The number of thiophene rings is 1. The van der Waals surface area contributed by atoms with Crippen LogP contribution in [-0.4, -0.2) is 21.2 Å². The van der Waals surface area contributed by atoms with E-state index < -0.39 is 0 Å². The van der Waals surface area contributed by atoms with Crippen molar-refractivity contribution in [2.24, 2.45) is 0 Å². The molecule has 0 atom stereocenters. The van der Waals surface area contributed by atoms with Crippen molar-refractivity contribution >= 4 is 54.2 Å². The van der Waals surface area contributed by atoms with Crippen LogP contribution in [0.1, 0.15) is 0 Å². The van der Waals surface area contributed by atoms with Gasteiger partial charge in [-0.1, -0.05) is 11.8 Å². The molecule has 0 aliphatic carbocycles. The van der Waals surface area contributed by atoms with E-state index in [0.717, 1.165) is 19.4 Å².